The van der Waals surface area contributed by atoms with Gasteiger partial charge in [0, 0.05) is 12.4 Å². The summed E-state index contributed by atoms with van der Waals surface area (Å²) >= 11 is 0. The largest absolute Gasteiger partial charge is 0.490 e. The molecule has 2 aromatic heterocycles. The van der Waals surface area contributed by atoms with Crippen LogP contribution in [-0.2, 0) is 11.4 Å². The van der Waals surface area contributed by atoms with E-state index in [1.807, 2.05) is 0 Å². The van der Waals surface area contributed by atoms with Gasteiger partial charge in [-0.1, -0.05) is 0 Å². The highest BCUT2D eigenvalue weighted by Crippen LogP contribution is 2.13. The van der Waals surface area contributed by atoms with Crippen molar-refractivity contribution in [3.05, 3.63) is 36.4 Å². The Balaban J connectivity index is 0.000000322. The summed E-state index contributed by atoms with van der Waals surface area (Å²) in [6.07, 6.45) is 0.587. The normalized spacial score (nSPS) is 10.4. The molecule has 0 aliphatic rings. The molecule has 0 bridgehead atoms. The number of hydrogen-bond donors (Lipinski definition) is 2. The minimum Gasteiger partial charge on any atom is -0.475 e. The van der Waals surface area contributed by atoms with Crippen molar-refractivity contribution in [2.75, 3.05) is 0 Å². The molecule has 3 N–H and O–H groups in total. The monoisotopic (exact) mass is 334 g/mol. The quantitative estimate of drug-likeness (QED) is 0.835. The molecule has 0 unspecified atom stereocenters. The van der Waals surface area contributed by atoms with Gasteiger partial charge >= 0.3 is 12.1 Å². The second-order valence-corrected chi connectivity index (χ2v) is 3.59. The van der Waals surface area contributed by atoms with Crippen molar-refractivity contribution in [1.82, 2.24) is 15.0 Å². The number of carbonyl (C=O) groups is 2. The number of primary amides is 1. The van der Waals surface area contributed by atoms with Crippen molar-refractivity contribution in [3.63, 3.8) is 0 Å². The first kappa shape index (κ1) is 17.9. The van der Waals surface area contributed by atoms with E-state index in [1.54, 1.807) is 0 Å². The molecular weight excluding hydrogens is 325 g/mol. The molecule has 0 aromatic carbocycles. The summed E-state index contributed by atoms with van der Waals surface area (Å²) in [4.78, 5) is 31.3. The van der Waals surface area contributed by atoms with Crippen LogP contribution in [0.3, 0.4) is 0 Å². The Hall–Kier alpha value is -3.18. The zero-order chi connectivity index (χ0) is 17.5. The van der Waals surface area contributed by atoms with Gasteiger partial charge in [0.05, 0.1) is 6.20 Å². The highest BCUT2D eigenvalue weighted by molar-refractivity contribution is 5.92. The van der Waals surface area contributed by atoms with Gasteiger partial charge in [0.25, 0.3) is 5.91 Å². The molecule has 0 saturated carbocycles. The van der Waals surface area contributed by atoms with E-state index < -0.39 is 18.1 Å². The Kier molecular flexibility index (Phi) is 6.00. The number of hydrogen-bond acceptors (Lipinski definition) is 7. The summed E-state index contributed by atoms with van der Waals surface area (Å²) in [6.45, 7) is 0.0615. The number of carbonyl (C=O) groups excluding carboxylic acids is 1. The van der Waals surface area contributed by atoms with E-state index in [0.717, 1.165) is 0 Å². The smallest absolute Gasteiger partial charge is 0.475 e. The Morgan fingerprint density at radius 3 is 2.30 bits per heavy atom. The minimum absolute atomic E-state index is 0.0194. The zero-order valence-corrected chi connectivity index (χ0v) is 11.1. The molecular formula is C11H9F3N4O5. The SMILES string of the molecule is NC(=O)c1nccnc1OCc1ncco1.O=C(O)C(F)(F)F. The first-order valence-electron chi connectivity index (χ1n) is 5.64. The van der Waals surface area contributed by atoms with E-state index in [-0.39, 0.29) is 18.2 Å². The first-order chi connectivity index (χ1) is 10.7. The molecule has 9 nitrogen and oxygen atoms in total. The topological polar surface area (TPSA) is 141 Å². The Bertz CT molecular complexity index is 660. The molecule has 23 heavy (non-hydrogen) atoms. The fourth-order valence-corrected chi connectivity index (χ4v) is 1.05. The van der Waals surface area contributed by atoms with Crippen molar-refractivity contribution in [2.45, 2.75) is 12.8 Å². The first-order valence-corrected chi connectivity index (χ1v) is 5.64. The Morgan fingerprint density at radius 2 is 1.83 bits per heavy atom. The maximum absolute atomic E-state index is 11.0. The van der Waals surface area contributed by atoms with Gasteiger partial charge in [-0.3, -0.25) is 4.79 Å². The number of alkyl halides is 3. The van der Waals surface area contributed by atoms with Crippen LogP contribution in [0.15, 0.2) is 29.3 Å². The van der Waals surface area contributed by atoms with Crippen LogP contribution in [0, 0.1) is 0 Å². The van der Waals surface area contributed by atoms with Crippen molar-refractivity contribution in [1.29, 1.82) is 0 Å². The molecule has 2 heterocycles. The van der Waals surface area contributed by atoms with Crippen molar-refractivity contribution in [3.8, 4) is 5.88 Å². The lowest BCUT2D eigenvalue weighted by atomic mass is 10.4. The highest BCUT2D eigenvalue weighted by Gasteiger charge is 2.38. The lowest BCUT2D eigenvalue weighted by molar-refractivity contribution is -0.192. The van der Waals surface area contributed by atoms with Gasteiger partial charge in [-0.05, 0) is 0 Å². The van der Waals surface area contributed by atoms with Gasteiger partial charge in [0.15, 0.2) is 12.3 Å². The molecule has 2 rings (SSSR count). The Labute approximate surface area is 125 Å². The molecule has 0 saturated heterocycles. The van der Waals surface area contributed by atoms with Crippen LogP contribution in [0.4, 0.5) is 13.2 Å². The Morgan fingerprint density at radius 1 is 1.22 bits per heavy atom. The second kappa shape index (κ2) is 7.72. The summed E-state index contributed by atoms with van der Waals surface area (Å²) in [5.41, 5.74) is 5.08. The molecule has 1 amide bonds. The molecule has 0 radical (unpaired) electrons. The van der Waals surface area contributed by atoms with Crippen molar-refractivity contribution < 1.29 is 37.0 Å². The minimum atomic E-state index is -5.08. The molecule has 0 spiro atoms. The van der Waals surface area contributed by atoms with Gasteiger partial charge in [0.1, 0.15) is 6.26 Å². The molecule has 0 aliphatic heterocycles. The summed E-state index contributed by atoms with van der Waals surface area (Å²) in [5, 5.41) is 7.12. The maximum Gasteiger partial charge on any atom is 0.490 e. The lowest BCUT2D eigenvalue weighted by Gasteiger charge is -2.04. The van der Waals surface area contributed by atoms with Gasteiger partial charge in [-0.15, -0.1) is 0 Å². The van der Waals surface area contributed by atoms with Crippen molar-refractivity contribution >= 4 is 11.9 Å². The number of amides is 1. The number of ether oxygens (including phenoxy) is 1. The highest BCUT2D eigenvalue weighted by atomic mass is 19.4. The fraction of sp³-hybridized carbons (Fsp3) is 0.182. The van der Waals surface area contributed by atoms with Gasteiger partial charge < -0.3 is 20.0 Å². The fourth-order valence-electron chi connectivity index (χ4n) is 1.05. The number of oxazole rings is 1. The lowest BCUT2D eigenvalue weighted by Crippen LogP contribution is -2.21. The summed E-state index contributed by atoms with van der Waals surface area (Å²) in [7, 11) is 0. The number of aliphatic carboxylic acids is 1. The number of aromatic nitrogens is 3. The summed E-state index contributed by atoms with van der Waals surface area (Å²) in [6, 6.07) is 0. The molecule has 2 aromatic rings. The van der Waals surface area contributed by atoms with Crippen LogP contribution in [-0.4, -0.2) is 38.1 Å². The van der Waals surface area contributed by atoms with Crippen LogP contribution in [0.25, 0.3) is 0 Å². The van der Waals surface area contributed by atoms with Gasteiger partial charge in [0.2, 0.25) is 11.8 Å². The predicted octanol–water partition coefficient (Wildman–Crippen LogP) is 0.776. The molecule has 124 valence electrons. The summed E-state index contributed by atoms with van der Waals surface area (Å²) < 4.78 is 41.9. The van der Waals surface area contributed by atoms with E-state index >= 15 is 0 Å². The zero-order valence-electron chi connectivity index (χ0n) is 11.1. The second-order valence-electron chi connectivity index (χ2n) is 3.59. The number of carboxylic acids is 1. The third-order valence-corrected chi connectivity index (χ3v) is 1.96. The van der Waals surface area contributed by atoms with Gasteiger partial charge in [-0.2, -0.15) is 13.2 Å². The van der Waals surface area contributed by atoms with Gasteiger partial charge in [-0.25, -0.2) is 19.7 Å². The number of rotatable bonds is 4. The molecule has 0 aliphatic carbocycles. The number of nitrogens with zero attached hydrogens (tertiary/aromatic N) is 3. The van der Waals surface area contributed by atoms with E-state index in [1.165, 1.54) is 24.9 Å². The molecule has 12 heteroatoms. The van der Waals surface area contributed by atoms with Crippen LogP contribution in [0.1, 0.15) is 16.4 Å². The van der Waals surface area contributed by atoms with Crippen LogP contribution in [0.2, 0.25) is 0 Å². The predicted molar refractivity (Wildman–Crippen MR) is 65.1 cm³/mol. The van der Waals surface area contributed by atoms with E-state index in [9.17, 15) is 18.0 Å². The summed E-state index contributed by atoms with van der Waals surface area (Å²) in [5.74, 6) is -3.02. The van der Waals surface area contributed by atoms with Crippen LogP contribution in [0.5, 0.6) is 5.88 Å². The average molecular weight is 334 g/mol. The molecule has 0 fully saturated rings. The van der Waals surface area contributed by atoms with Crippen LogP contribution < -0.4 is 10.5 Å². The van der Waals surface area contributed by atoms with E-state index in [4.69, 9.17) is 24.8 Å². The number of nitrogens with two attached hydrogens (primary N) is 1. The average Bonchev–Trinajstić information content (AvgIpc) is 2.98. The molecule has 0 atom stereocenters. The number of halogens is 3. The maximum atomic E-state index is 11.0. The standard InChI is InChI=1S/C9H8N4O3.C2HF3O2/c10-8(14)7-9(13-2-1-12-7)16-5-6-11-3-4-15-6;3-2(4,5)1(6)7/h1-4H,5H2,(H2,10,14);(H,6,7). The number of carboxylic acid groups (broad SMARTS) is 1. The van der Waals surface area contributed by atoms with E-state index in [0.29, 0.717) is 5.89 Å². The third kappa shape index (κ3) is 5.99. The third-order valence-electron chi connectivity index (χ3n) is 1.96. The van der Waals surface area contributed by atoms with Crippen LogP contribution >= 0.6 is 0 Å². The van der Waals surface area contributed by atoms with E-state index in [2.05, 4.69) is 15.0 Å². The van der Waals surface area contributed by atoms with Crippen molar-refractivity contribution in [2.24, 2.45) is 5.73 Å².